The second-order valence-electron chi connectivity index (χ2n) is 3.13. The number of unbranched alkanes of at least 4 members (excludes halogenated alkanes) is 4. The van der Waals surface area contributed by atoms with Gasteiger partial charge >= 0.3 is 0 Å². The van der Waals surface area contributed by atoms with E-state index >= 15 is 0 Å². The lowest BCUT2D eigenvalue weighted by Crippen LogP contribution is -1.74. The van der Waals surface area contributed by atoms with E-state index in [2.05, 4.69) is 30.9 Å². The Morgan fingerprint density at radius 1 is 1.07 bits per heavy atom. The Hall–Kier alpha value is -1.29. The van der Waals surface area contributed by atoms with Gasteiger partial charge in [0.2, 0.25) is 0 Å². The predicted molar refractivity (Wildman–Crippen MR) is 61.8 cm³/mol. The maximum atomic E-state index is 8.31. The van der Waals surface area contributed by atoms with Crippen LogP contribution in [0.4, 0.5) is 0 Å². The molecule has 0 amide bonds. The summed E-state index contributed by atoms with van der Waals surface area (Å²) in [6.45, 7) is 3.60. The van der Waals surface area contributed by atoms with E-state index < -0.39 is 0 Å². The maximum absolute atomic E-state index is 8.31. The zero-order chi connectivity index (χ0) is 10.5. The largest absolute Gasteiger partial charge is 0.198 e. The molecule has 0 aromatic rings. The first-order valence-corrected chi connectivity index (χ1v) is 5.21. The van der Waals surface area contributed by atoms with Crippen molar-refractivity contribution in [1.29, 1.82) is 5.26 Å². The average Bonchev–Trinajstić information content (AvgIpc) is 2.21. The van der Waals surface area contributed by atoms with E-state index in [1.807, 2.05) is 6.08 Å². The highest BCUT2D eigenvalue weighted by Crippen LogP contribution is 2.03. The molecule has 0 bridgehead atoms. The van der Waals surface area contributed by atoms with Crippen molar-refractivity contribution in [2.75, 3.05) is 0 Å². The summed E-state index contributed by atoms with van der Waals surface area (Å²) in [5, 5.41) is 8.31. The summed E-state index contributed by atoms with van der Waals surface area (Å²) in [7, 11) is 0. The Morgan fingerprint density at radius 2 is 1.93 bits per heavy atom. The zero-order valence-corrected chi connectivity index (χ0v) is 8.78. The van der Waals surface area contributed by atoms with E-state index in [-0.39, 0.29) is 0 Å². The third kappa shape index (κ3) is 10.7. The Bertz CT molecular complexity index is 218. The highest BCUT2D eigenvalue weighted by Gasteiger charge is 1.85. The van der Waals surface area contributed by atoms with E-state index in [0.29, 0.717) is 6.42 Å². The van der Waals surface area contributed by atoms with Gasteiger partial charge in [0.05, 0.1) is 6.07 Å². The van der Waals surface area contributed by atoms with Crippen LogP contribution in [0.25, 0.3) is 0 Å². The van der Waals surface area contributed by atoms with Gasteiger partial charge < -0.3 is 0 Å². The molecule has 14 heavy (non-hydrogen) atoms. The quantitative estimate of drug-likeness (QED) is 0.319. The van der Waals surface area contributed by atoms with E-state index in [1.54, 1.807) is 6.08 Å². The van der Waals surface area contributed by atoms with Gasteiger partial charge in [0.25, 0.3) is 0 Å². The van der Waals surface area contributed by atoms with Crippen LogP contribution < -0.4 is 0 Å². The van der Waals surface area contributed by atoms with Crippen molar-refractivity contribution in [2.24, 2.45) is 0 Å². The summed E-state index contributed by atoms with van der Waals surface area (Å²) in [6, 6.07) is 2.16. The van der Waals surface area contributed by atoms with Gasteiger partial charge in [-0.3, -0.25) is 0 Å². The molecule has 0 saturated carbocycles. The van der Waals surface area contributed by atoms with Crippen molar-refractivity contribution in [3.63, 3.8) is 0 Å². The highest BCUT2D eigenvalue weighted by atomic mass is 14.2. The number of hydrogen-bond acceptors (Lipinski definition) is 1. The number of nitriles is 1. The first-order valence-electron chi connectivity index (χ1n) is 5.21. The van der Waals surface area contributed by atoms with Crippen LogP contribution in [-0.4, -0.2) is 0 Å². The van der Waals surface area contributed by atoms with E-state index in [4.69, 9.17) is 5.26 Å². The van der Waals surface area contributed by atoms with Gasteiger partial charge in [0.15, 0.2) is 0 Å². The molecule has 0 N–H and O–H groups in total. The first kappa shape index (κ1) is 12.7. The van der Waals surface area contributed by atoms with Crippen LogP contribution in [-0.2, 0) is 0 Å². The zero-order valence-electron chi connectivity index (χ0n) is 8.78. The van der Waals surface area contributed by atoms with E-state index in [1.165, 1.54) is 12.8 Å². The molecule has 76 valence electrons. The summed E-state index contributed by atoms with van der Waals surface area (Å²) in [6.07, 6.45) is 16.4. The molecule has 0 aromatic carbocycles. The molecule has 0 radical (unpaired) electrons. The summed E-state index contributed by atoms with van der Waals surface area (Å²) < 4.78 is 0. The number of allylic oxidation sites excluding steroid dienone is 5. The van der Waals surface area contributed by atoms with Gasteiger partial charge in [0.1, 0.15) is 0 Å². The molecule has 1 heteroatoms. The second kappa shape index (κ2) is 11.7. The van der Waals surface area contributed by atoms with Crippen molar-refractivity contribution < 1.29 is 0 Å². The van der Waals surface area contributed by atoms with Crippen molar-refractivity contribution in [2.45, 2.75) is 38.5 Å². The number of rotatable bonds is 8. The standard InChI is InChI=1S/C13H19N/c1-2-3-4-5-6-7-8-9-10-11-12-13-14/h2-4,6-7H,1,5,8-12H2/b4-3+,7-6+. The maximum Gasteiger partial charge on any atom is 0.0621 e. The summed E-state index contributed by atoms with van der Waals surface area (Å²) in [4.78, 5) is 0. The second-order valence-corrected chi connectivity index (χ2v) is 3.13. The lowest BCUT2D eigenvalue weighted by Gasteiger charge is -1.92. The third-order valence-corrected chi connectivity index (χ3v) is 1.87. The van der Waals surface area contributed by atoms with E-state index in [0.717, 1.165) is 19.3 Å². The fourth-order valence-electron chi connectivity index (χ4n) is 1.11. The molecule has 0 heterocycles. The Labute approximate surface area is 87.4 Å². The molecule has 0 spiro atoms. The Balaban J connectivity index is 3.15. The van der Waals surface area contributed by atoms with Gasteiger partial charge in [-0.15, -0.1) is 0 Å². The molecule has 0 rings (SSSR count). The van der Waals surface area contributed by atoms with Crippen LogP contribution in [0.1, 0.15) is 38.5 Å². The lowest BCUT2D eigenvalue weighted by molar-refractivity contribution is 0.699. The first-order chi connectivity index (χ1) is 6.91. The lowest BCUT2D eigenvalue weighted by atomic mass is 10.1. The van der Waals surface area contributed by atoms with Crippen LogP contribution in [0.5, 0.6) is 0 Å². The van der Waals surface area contributed by atoms with Crippen LogP contribution in [0.2, 0.25) is 0 Å². The SMILES string of the molecule is C=C/C=C/C/C=C/CCCCCC#N. The van der Waals surface area contributed by atoms with Crippen molar-refractivity contribution in [1.82, 2.24) is 0 Å². The minimum absolute atomic E-state index is 0.700. The molecule has 0 aliphatic rings. The van der Waals surface area contributed by atoms with Crippen molar-refractivity contribution >= 4 is 0 Å². The fraction of sp³-hybridized carbons (Fsp3) is 0.462. The van der Waals surface area contributed by atoms with Crippen molar-refractivity contribution in [3.8, 4) is 6.07 Å². The van der Waals surface area contributed by atoms with Gasteiger partial charge in [0, 0.05) is 6.42 Å². The van der Waals surface area contributed by atoms with Gasteiger partial charge in [-0.1, -0.05) is 43.4 Å². The van der Waals surface area contributed by atoms with E-state index in [9.17, 15) is 0 Å². The summed E-state index contributed by atoms with van der Waals surface area (Å²) in [5.74, 6) is 0. The Morgan fingerprint density at radius 3 is 2.64 bits per heavy atom. The highest BCUT2D eigenvalue weighted by molar-refractivity contribution is 5.00. The molecule has 0 atom stereocenters. The fourth-order valence-corrected chi connectivity index (χ4v) is 1.11. The molecule has 0 unspecified atom stereocenters. The van der Waals surface area contributed by atoms with Gasteiger partial charge in [-0.2, -0.15) is 5.26 Å². The van der Waals surface area contributed by atoms with Crippen LogP contribution in [0.15, 0.2) is 37.0 Å². The summed E-state index contributed by atoms with van der Waals surface area (Å²) >= 11 is 0. The minimum atomic E-state index is 0.700. The molecule has 0 aliphatic heterocycles. The van der Waals surface area contributed by atoms with Gasteiger partial charge in [-0.05, 0) is 25.7 Å². The van der Waals surface area contributed by atoms with Gasteiger partial charge in [-0.25, -0.2) is 0 Å². The predicted octanol–water partition coefficient (Wildman–Crippen LogP) is 4.15. The molecular weight excluding hydrogens is 170 g/mol. The molecule has 1 nitrogen and oxygen atoms in total. The molecule has 0 aromatic heterocycles. The molecule has 0 fully saturated rings. The monoisotopic (exact) mass is 189 g/mol. The third-order valence-electron chi connectivity index (χ3n) is 1.87. The topological polar surface area (TPSA) is 23.8 Å². The van der Waals surface area contributed by atoms with Crippen LogP contribution in [0.3, 0.4) is 0 Å². The minimum Gasteiger partial charge on any atom is -0.198 e. The number of nitrogens with zero attached hydrogens (tertiary/aromatic N) is 1. The average molecular weight is 189 g/mol. The number of hydrogen-bond donors (Lipinski definition) is 0. The smallest absolute Gasteiger partial charge is 0.0621 e. The Kier molecular flexibility index (Phi) is 10.6. The molecule has 0 saturated heterocycles. The molecular formula is C13H19N. The van der Waals surface area contributed by atoms with Crippen LogP contribution >= 0.6 is 0 Å². The normalized spacial score (nSPS) is 10.8. The van der Waals surface area contributed by atoms with Crippen LogP contribution in [0, 0.1) is 11.3 Å². The summed E-state index contributed by atoms with van der Waals surface area (Å²) in [5.41, 5.74) is 0. The molecule has 0 aliphatic carbocycles. The van der Waals surface area contributed by atoms with Crippen molar-refractivity contribution in [3.05, 3.63) is 37.0 Å².